The van der Waals surface area contributed by atoms with Crippen molar-refractivity contribution >= 4 is 74.8 Å². The van der Waals surface area contributed by atoms with E-state index >= 15 is 0 Å². The zero-order valence-corrected chi connectivity index (χ0v) is 22.4. The number of amides is 2. The summed E-state index contributed by atoms with van der Waals surface area (Å²) in [5.41, 5.74) is 2.41. The molecule has 0 unspecified atom stereocenters. The Hall–Kier alpha value is -2.20. The number of hydrogen-bond acceptors (Lipinski definition) is 5. The SMILES string of the molecule is COc1cc(/C=C2\SC(=O)N(Cc3ccccc3Cl)C2=O)cc(I)c1OCc1ccc(Cl)cc1. The Balaban J connectivity index is 1.53. The molecule has 3 aromatic rings. The third-order valence-corrected chi connectivity index (χ3v) is 7.34. The van der Waals surface area contributed by atoms with Crippen molar-refractivity contribution in [1.82, 2.24) is 4.90 Å². The molecule has 0 radical (unpaired) electrons. The van der Waals surface area contributed by atoms with Gasteiger partial charge in [-0.25, -0.2) is 0 Å². The topological polar surface area (TPSA) is 55.8 Å². The third-order valence-electron chi connectivity index (χ3n) is 5.01. The lowest BCUT2D eigenvalue weighted by Crippen LogP contribution is -2.27. The summed E-state index contributed by atoms with van der Waals surface area (Å²) in [6.07, 6.45) is 1.69. The second-order valence-electron chi connectivity index (χ2n) is 7.31. The molecular weight excluding hydrogens is 608 g/mol. The molecule has 2 amide bonds. The number of thioether (sulfide) groups is 1. The molecule has 4 rings (SSSR count). The Bertz CT molecular complexity index is 1280. The van der Waals surface area contributed by atoms with E-state index < -0.39 is 0 Å². The van der Waals surface area contributed by atoms with Crippen molar-refractivity contribution in [1.29, 1.82) is 0 Å². The minimum Gasteiger partial charge on any atom is -0.493 e. The maximum atomic E-state index is 12.9. The third kappa shape index (κ3) is 5.71. The van der Waals surface area contributed by atoms with E-state index in [1.807, 2.05) is 36.4 Å². The zero-order chi connectivity index (χ0) is 24.2. The predicted octanol–water partition coefficient (Wildman–Crippen LogP) is 7.42. The van der Waals surface area contributed by atoms with Gasteiger partial charge in [0, 0.05) is 10.0 Å². The summed E-state index contributed by atoms with van der Waals surface area (Å²) < 4.78 is 12.3. The fraction of sp³-hybridized carbons (Fsp3) is 0.120. The maximum absolute atomic E-state index is 12.9. The number of nitrogens with zero attached hydrogens (tertiary/aromatic N) is 1. The van der Waals surface area contributed by atoms with E-state index in [0.29, 0.717) is 38.6 Å². The summed E-state index contributed by atoms with van der Waals surface area (Å²) in [5.74, 6) is 0.774. The Kier molecular flexibility index (Phi) is 8.08. The standard InChI is InChI=1S/C25H18Cl2INO4S/c1-32-21-11-16(10-20(28)23(21)33-14-15-6-8-18(26)9-7-15)12-22-24(30)29(25(31)34-22)13-17-4-2-3-5-19(17)27/h2-12H,13-14H2,1H3/b22-12-. The van der Waals surface area contributed by atoms with Crippen LogP contribution in [0.15, 0.2) is 65.6 Å². The fourth-order valence-electron chi connectivity index (χ4n) is 3.28. The summed E-state index contributed by atoms with van der Waals surface area (Å²) in [4.78, 5) is 27.0. The van der Waals surface area contributed by atoms with Crippen LogP contribution >= 0.6 is 57.6 Å². The first-order chi connectivity index (χ1) is 16.4. The average Bonchev–Trinajstić information content (AvgIpc) is 3.07. The number of ether oxygens (including phenoxy) is 2. The predicted molar refractivity (Wildman–Crippen MR) is 144 cm³/mol. The quantitative estimate of drug-likeness (QED) is 0.202. The van der Waals surface area contributed by atoms with Crippen LogP contribution in [0.3, 0.4) is 0 Å². The monoisotopic (exact) mass is 625 g/mol. The molecule has 0 N–H and O–H groups in total. The maximum Gasteiger partial charge on any atom is 0.293 e. The second kappa shape index (κ2) is 11.0. The van der Waals surface area contributed by atoms with Crippen molar-refractivity contribution in [2.45, 2.75) is 13.2 Å². The highest BCUT2D eigenvalue weighted by Crippen LogP contribution is 2.38. The van der Waals surface area contributed by atoms with Gasteiger partial charge in [-0.15, -0.1) is 0 Å². The number of imide groups is 1. The van der Waals surface area contributed by atoms with E-state index in [1.165, 1.54) is 4.90 Å². The van der Waals surface area contributed by atoms with Gasteiger partial charge in [0.05, 0.1) is 22.1 Å². The number of methoxy groups -OCH3 is 1. The van der Waals surface area contributed by atoms with Gasteiger partial charge in [-0.2, -0.15) is 0 Å². The summed E-state index contributed by atoms with van der Waals surface area (Å²) in [6, 6.07) is 18.2. The largest absolute Gasteiger partial charge is 0.493 e. The molecule has 0 aliphatic carbocycles. The van der Waals surface area contributed by atoms with Crippen molar-refractivity contribution in [2.24, 2.45) is 0 Å². The van der Waals surface area contributed by atoms with Crippen LogP contribution in [0.4, 0.5) is 4.79 Å². The molecule has 0 bridgehead atoms. The van der Waals surface area contributed by atoms with Gasteiger partial charge in [0.2, 0.25) is 0 Å². The van der Waals surface area contributed by atoms with E-state index in [4.69, 9.17) is 32.7 Å². The van der Waals surface area contributed by atoms with E-state index in [0.717, 1.165) is 26.5 Å². The Morgan fingerprint density at radius 3 is 2.50 bits per heavy atom. The molecule has 0 saturated carbocycles. The van der Waals surface area contributed by atoms with Crippen LogP contribution in [0.25, 0.3) is 6.08 Å². The molecule has 9 heteroatoms. The molecule has 1 fully saturated rings. The van der Waals surface area contributed by atoms with Crippen LogP contribution in [0, 0.1) is 3.57 Å². The normalized spacial score (nSPS) is 14.7. The van der Waals surface area contributed by atoms with Gasteiger partial charge in [0.15, 0.2) is 11.5 Å². The fourth-order valence-corrected chi connectivity index (χ4v) is 5.22. The van der Waals surface area contributed by atoms with Crippen molar-refractivity contribution in [2.75, 3.05) is 7.11 Å². The lowest BCUT2D eigenvalue weighted by molar-refractivity contribution is -0.123. The molecule has 1 heterocycles. The van der Waals surface area contributed by atoms with Gasteiger partial charge in [-0.1, -0.05) is 53.5 Å². The second-order valence-corrected chi connectivity index (χ2v) is 10.3. The molecule has 0 spiro atoms. The highest BCUT2D eigenvalue weighted by Gasteiger charge is 2.35. The van der Waals surface area contributed by atoms with Crippen LogP contribution < -0.4 is 9.47 Å². The molecule has 34 heavy (non-hydrogen) atoms. The Morgan fingerprint density at radius 1 is 1.06 bits per heavy atom. The summed E-state index contributed by atoms with van der Waals surface area (Å²) in [7, 11) is 1.56. The molecule has 174 valence electrons. The van der Waals surface area contributed by atoms with Gasteiger partial charge >= 0.3 is 0 Å². The van der Waals surface area contributed by atoms with Crippen molar-refractivity contribution in [3.8, 4) is 11.5 Å². The molecule has 1 saturated heterocycles. The number of benzene rings is 3. The zero-order valence-electron chi connectivity index (χ0n) is 17.9. The molecule has 5 nitrogen and oxygen atoms in total. The van der Waals surface area contributed by atoms with E-state index in [-0.39, 0.29) is 17.7 Å². The lowest BCUT2D eigenvalue weighted by atomic mass is 10.1. The van der Waals surface area contributed by atoms with E-state index in [1.54, 1.807) is 37.5 Å². The molecule has 1 aliphatic heterocycles. The average molecular weight is 626 g/mol. The number of hydrogen-bond donors (Lipinski definition) is 0. The first-order valence-electron chi connectivity index (χ1n) is 10.1. The first kappa shape index (κ1) is 24.9. The van der Waals surface area contributed by atoms with Crippen LogP contribution in [-0.4, -0.2) is 23.2 Å². The highest BCUT2D eigenvalue weighted by atomic mass is 127. The Morgan fingerprint density at radius 2 is 1.79 bits per heavy atom. The van der Waals surface area contributed by atoms with Crippen LogP contribution in [0.5, 0.6) is 11.5 Å². The van der Waals surface area contributed by atoms with E-state index in [9.17, 15) is 9.59 Å². The van der Waals surface area contributed by atoms with Gasteiger partial charge in [0.1, 0.15) is 6.61 Å². The van der Waals surface area contributed by atoms with Crippen molar-refractivity contribution < 1.29 is 19.1 Å². The summed E-state index contributed by atoms with van der Waals surface area (Å²) in [5, 5.41) is 0.844. The number of carbonyl (C=O) groups is 2. The highest BCUT2D eigenvalue weighted by molar-refractivity contribution is 14.1. The first-order valence-corrected chi connectivity index (χ1v) is 12.7. The Labute approximate surface area is 225 Å². The van der Waals surface area contributed by atoms with Crippen LogP contribution in [-0.2, 0) is 17.9 Å². The van der Waals surface area contributed by atoms with Gasteiger partial charge in [-0.3, -0.25) is 14.5 Å². The number of halogens is 3. The molecule has 1 aliphatic rings. The number of carbonyl (C=O) groups excluding carboxylic acids is 2. The molecule has 0 aromatic heterocycles. The number of rotatable bonds is 7. The van der Waals surface area contributed by atoms with Crippen molar-refractivity contribution in [3.05, 3.63) is 95.9 Å². The van der Waals surface area contributed by atoms with Crippen molar-refractivity contribution in [3.63, 3.8) is 0 Å². The van der Waals surface area contributed by atoms with Gasteiger partial charge in [0.25, 0.3) is 11.1 Å². The molecule has 0 atom stereocenters. The minimum atomic E-state index is -0.355. The molecule has 3 aromatic carbocycles. The summed E-state index contributed by atoms with van der Waals surface area (Å²) >= 11 is 15.2. The molecular formula is C25H18Cl2INO4S. The summed E-state index contributed by atoms with van der Waals surface area (Å²) in [6.45, 7) is 0.476. The van der Waals surface area contributed by atoms with Gasteiger partial charge < -0.3 is 9.47 Å². The lowest BCUT2D eigenvalue weighted by Gasteiger charge is -2.14. The minimum absolute atomic E-state index is 0.125. The van der Waals surface area contributed by atoms with E-state index in [2.05, 4.69) is 22.6 Å². The van der Waals surface area contributed by atoms with Crippen LogP contribution in [0.2, 0.25) is 10.0 Å². The smallest absolute Gasteiger partial charge is 0.293 e. The van der Waals surface area contributed by atoms with Crippen LogP contribution in [0.1, 0.15) is 16.7 Å². The van der Waals surface area contributed by atoms with Gasteiger partial charge in [-0.05, 0) is 87.5 Å².